The Labute approximate surface area is 164 Å². The van der Waals surface area contributed by atoms with Gasteiger partial charge in [0.15, 0.2) is 5.60 Å². The molecule has 1 aromatic rings. The molecule has 144 valence electrons. The topological polar surface area (TPSA) is 77.7 Å². The predicted octanol–water partition coefficient (Wildman–Crippen LogP) is 3.25. The summed E-state index contributed by atoms with van der Waals surface area (Å²) in [6, 6.07) is 10.7. The van der Waals surface area contributed by atoms with Gasteiger partial charge in [0.2, 0.25) is 0 Å². The zero-order chi connectivity index (χ0) is 19.3. The second-order valence-electron chi connectivity index (χ2n) is 9.61. The van der Waals surface area contributed by atoms with Crippen LogP contribution in [-0.2, 0) is 10.3 Å². The van der Waals surface area contributed by atoms with Crippen LogP contribution in [0.4, 0.5) is 10.5 Å². The number of rotatable bonds is 0. The van der Waals surface area contributed by atoms with E-state index in [0.717, 1.165) is 42.8 Å². The van der Waals surface area contributed by atoms with Crippen LogP contribution in [0.3, 0.4) is 0 Å². The quantitative estimate of drug-likeness (QED) is 0.754. The molecule has 0 aromatic heterocycles. The fourth-order valence-corrected chi connectivity index (χ4v) is 7.15. The van der Waals surface area contributed by atoms with Gasteiger partial charge in [0.05, 0.1) is 23.0 Å². The number of hydrogen-bond acceptors (Lipinski definition) is 5. The number of piperidine rings is 1. The fourth-order valence-electron chi connectivity index (χ4n) is 7.15. The van der Waals surface area contributed by atoms with Crippen molar-refractivity contribution in [1.29, 1.82) is 5.26 Å². The molecule has 2 spiro atoms. The van der Waals surface area contributed by atoms with Gasteiger partial charge < -0.3 is 10.1 Å². The molecular weight excluding hydrogens is 352 g/mol. The van der Waals surface area contributed by atoms with Crippen LogP contribution in [0.5, 0.6) is 0 Å². The summed E-state index contributed by atoms with van der Waals surface area (Å²) in [4.78, 5) is 20.3. The SMILES string of the molecule is CC1(C)C2=Nc3ccccc3[C@@]23C[C@]2(NC(=O)O3)[C@@H]1C[C@H]1CCCN1[C@@H]2C#N. The Balaban J connectivity index is 1.62. The molecule has 4 aliphatic heterocycles. The van der Waals surface area contributed by atoms with E-state index in [4.69, 9.17) is 9.73 Å². The summed E-state index contributed by atoms with van der Waals surface area (Å²) in [6.07, 6.45) is 3.39. The summed E-state index contributed by atoms with van der Waals surface area (Å²) in [7, 11) is 0. The number of nitrogens with zero attached hydrogens (tertiary/aromatic N) is 3. The Morgan fingerprint density at radius 2 is 2.18 bits per heavy atom. The van der Waals surface area contributed by atoms with Crippen molar-refractivity contribution in [2.24, 2.45) is 16.3 Å². The highest BCUT2D eigenvalue weighted by atomic mass is 16.6. The third-order valence-electron chi connectivity index (χ3n) is 8.07. The van der Waals surface area contributed by atoms with Crippen molar-refractivity contribution >= 4 is 17.5 Å². The van der Waals surface area contributed by atoms with Crippen molar-refractivity contribution in [2.75, 3.05) is 6.54 Å². The Morgan fingerprint density at radius 1 is 1.36 bits per heavy atom. The zero-order valence-electron chi connectivity index (χ0n) is 16.2. The number of alkyl carbamates (subject to hydrolysis) is 1. The average molecular weight is 376 g/mol. The molecule has 0 unspecified atom stereocenters. The van der Waals surface area contributed by atoms with Gasteiger partial charge >= 0.3 is 6.09 Å². The number of amides is 1. The molecule has 5 atom stereocenters. The fraction of sp³-hybridized carbons (Fsp3) is 0.591. The third-order valence-corrected chi connectivity index (χ3v) is 8.07. The lowest BCUT2D eigenvalue weighted by Crippen LogP contribution is -2.80. The van der Waals surface area contributed by atoms with Gasteiger partial charge in [0.25, 0.3) is 0 Å². The number of carbonyl (C=O) groups excluding carboxylic acids is 1. The molecule has 5 aliphatic rings. The maximum absolute atomic E-state index is 12.9. The van der Waals surface area contributed by atoms with E-state index in [1.807, 2.05) is 24.3 Å². The van der Waals surface area contributed by atoms with E-state index in [1.165, 1.54) is 0 Å². The second kappa shape index (κ2) is 4.96. The van der Waals surface area contributed by atoms with Crippen molar-refractivity contribution in [2.45, 2.75) is 62.8 Å². The minimum atomic E-state index is -0.861. The number of nitriles is 1. The molecule has 1 aliphatic carbocycles. The number of benzene rings is 1. The molecule has 28 heavy (non-hydrogen) atoms. The van der Waals surface area contributed by atoms with E-state index in [-0.39, 0.29) is 17.4 Å². The molecule has 1 amide bonds. The van der Waals surface area contributed by atoms with E-state index in [2.05, 4.69) is 30.1 Å². The molecule has 6 nitrogen and oxygen atoms in total. The summed E-state index contributed by atoms with van der Waals surface area (Å²) in [5.41, 5.74) is 1.05. The molecule has 1 aromatic carbocycles. The maximum Gasteiger partial charge on any atom is 0.408 e. The number of hydrogen-bond donors (Lipinski definition) is 1. The molecule has 4 fully saturated rings. The lowest BCUT2D eigenvalue weighted by molar-refractivity contribution is -0.115. The van der Waals surface area contributed by atoms with Gasteiger partial charge in [0, 0.05) is 23.4 Å². The van der Waals surface area contributed by atoms with Crippen molar-refractivity contribution < 1.29 is 9.53 Å². The van der Waals surface area contributed by atoms with Crippen LogP contribution in [0, 0.1) is 22.7 Å². The molecule has 1 N–H and O–H groups in total. The van der Waals surface area contributed by atoms with E-state index >= 15 is 0 Å². The Morgan fingerprint density at radius 3 is 3.00 bits per heavy atom. The molecule has 6 heteroatoms. The Hall–Kier alpha value is -2.39. The minimum Gasteiger partial charge on any atom is -0.432 e. The van der Waals surface area contributed by atoms with E-state index in [0.29, 0.717) is 12.5 Å². The van der Waals surface area contributed by atoms with Gasteiger partial charge in [0.1, 0.15) is 6.04 Å². The number of aliphatic imine (C=N–C) groups is 1. The lowest BCUT2D eigenvalue weighted by Gasteiger charge is -2.65. The number of para-hydroxylation sites is 1. The monoisotopic (exact) mass is 376 g/mol. The number of fused-ring (bicyclic) bond motifs is 2. The van der Waals surface area contributed by atoms with Crippen molar-refractivity contribution in [3.63, 3.8) is 0 Å². The molecule has 0 radical (unpaired) electrons. The first-order valence-electron chi connectivity index (χ1n) is 10.3. The predicted molar refractivity (Wildman–Crippen MR) is 103 cm³/mol. The van der Waals surface area contributed by atoms with Gasteiger partial charge in [-0.05, 0) is 37.8 Å². The van der Waals surface area contributed by atoms with Crippen LogP contribution in [0.15, 0.2) is 29.3 Å². The molecule has 4 heterocycles. The van der Waals surface area contributed by atoms with Crippen molar-refractivity contribution in [1.82, 2.24) is 10.2 Å². The van der Waals surface area contributed by atoms with Gasteiger partial charge in [-0.2, -0.15) is 5.26 Å². The standard InChI is InChI=1S/C22H24N4O2/c1-20(2)16-10-13-6-5-9-26(13)17(11-23)21(16)12-22(28-19(27)25-21)14-7-3-4-8-15(14)24-18(20)22/h3-4,7-8,13,16-17H,5-6,9-10,12H2,1-2H3,(H,25,27)/t13-,16-,17-,21+,22+/m1/s1. The molecule has 6 rings (SSSR count). The van der Waals surface area contributed by atoms with Crippen LogP contribution in [-0.4, -0.2) is 40.9 Å². The highest BCUT2D eigenvalue weighted by Gasteiger charge is 2.73. The minimum absolute atomic E-state index is 0.151. The molecular formula is C22H24N4O2. The number of nitrogens with one attached hydrogen (secondary N) is 1. The van der Waals surface area contributed by atoms with Crippen molar-refractivity contribution in [3.05, 3.63) is 29.8 Å². The first-order chi connectivity index (χ1) is 13.4. The second-order valence-corrected chi connectivity index (χ2v) is 9.61. The summed E-state index contributed by atoms with van der Waals surface area (Å²) in [5.74, 6) is 0.151. The maximum atomic E-state index is 12.9. The highest BCUT2D eigenvalue weighted by molar-refractivity contribution is 6.07. The number of carbonyl (C=O) groups is 1. The van der Waals surface area contributed by atoms with Gasteiger partial charge in [-0.15, -0.1) is 0 Å². The average Bonchev–Trinajstić information content (AvgIpc) is 3.23. The zero-order valence-corrected chi connectivity index (χ0v) is 16.2. The van der Waals surface area contributed by atoms with E-state index in [9.17, 15) is 10.1 Å². The summed E-state index contributed by atoms with van der Waals surface area (Å²) < 4.78 is 6.07. The summed E-state index contributed by atoms with van der Waals surface area (Å²) >= 11 is 0. The summed E-state index contributed by atoms with van der Waals surface area (Å²) in [6.45, 7) is 5.38. The number of ether oxygens (including phenoxy) is 1. The molecule has 2 bridgehead atoms. The first-order valence-corrected chi connectivity index (χ1v) is 10.3. The first kappa shape index (κ1) is 16.6. The smallest absolute Gasteiger partial charge is 0.408 e. The van der Waals surface area contributed by atoms with Crippen molar-refractivity contribution in [3.8, 4) is 6.07 Å². The molecule has 1 saturated carbocycles. The largest absolute Gasteiger partial charge is 0.432 e. The van der Waals surface area contributed by atoms with Gasteiger partial charge in [-0.1, -0.05) is 32.0 Å². The third kappa shape index (κ3) is 1.69. The lowest BCUT2D eigenvalue weighted by atomic mass is 9.48. The van der Waals surface area contributed by atoms with Crippen LogP contribution in [0.25, 0.3) is 0 Å². The van der Waals surface area contributed by atoms with Crippen LogP contribution in [0.1, 0.15) is 45.1 Å². The van der Waals surface area contributed by atoms with E-state index in [1.54, 1.807) is 0 Å². The molecule has 3 saturated heterocycles. The van der Waals surface area contributed by atoms with Gasteiger partial charge in [-0.3, -0.25) is 9.89 Å². The Kier molecular flexibility index (Phi) is 2.93. The summed E-state index contributed by atoms with van der Waals surface area (Å²) in [5, 5.41) is 13.4. The van der Waals surface area contributed by atoms with Crippen LogP contribution >= 0.6 is 0 Å². The van der Waals surface area contributed by atoms with E-state index < -0.39 is 17.2 Å². The van der Waals surface area contributed by atoms with Crippen LogP contribution in [0.2, 0.25) is 0 Å². The highest BCUT2D eigenvalue weighted by Crippen LogP contribution is 2.64. The van der Waals surface area contributed by atoms with Crippen LogP contribution < -0.4 is 5.32 Å². The van der Waals surface area contributed by atoms with Gasteiger partial charge in [-0.25, -0.2) is 4.79 Å². The normalized spacial score (nSPS) is 42.1. The Bertz CT molecular complexity index is 979.